The zero-order valence-electron chi connectivity index (χ0n) is 9.40. The summed E-state index contributed by atoms with van der Waals surface area (Å²) in [6, 6.07) is 7.07. The summed E-state index contributed by atoms with van der Waals surface area (Å²) in [6.45, 7) is 0.103. The number of amides is 1. The quantitative estimate of drug-likeness (QED) is 0.537. The summed E-state index contributed by atoms with van der Waals surface area (Å²) in [5.41, 5.74) is 8.76. The summed E-state index contributed by atoms with van der Waals surface area (Å²) >= 11 is 0. The van der Waals surface area contributed by atoms with Crippen molar-refractivity contribution in [3.63, 3.8) is 0 Å². The fourth-order valence-electron chi connectivity index (χ4n) is 1.24. The van der Waals surface area contributed by atoms with Gasteiger partial charge in [-0.15, -0.1) is 0 Å². The van der Waals surface area contributed by atoms with E-state index < -0.39 is 5.91 Å². The molecule has 0 saturated heterocycles. The minimum atomic E-state index is -0.560. The number of hydrogen-bond donors (Lipinski definition) is 2. The molecule has 1 aromatic carbocycles. The van der Waals surface area contributed by atoms with Crippen molar-refractivity contribution in [1.29, 1.82) is 5.26 Å². The lowest BCUT2D eigenvalue weighted by molar-refractivity contribution is -0.125. The van der Waals surface area contributed by atoms with Crippen LogP contribution in [-0.4, -0.2) is 19.6 Å². The van der Waals surface area contributed by atoms with Crippen LogP contribution in [0.15, 0.2) is 18.2 Å². The zero-order chi connectivity index (χ0) is 12.7. The molecule has 17 heavy (non-hydrogen) atoms. The Hall–Kier alpha value is -2.10. The van der Waals surface area contributed by atoms with E-state index in [1.807, 2.05) is 6.07 Å². The predicted octanol–water partition coefficient (Wildman–Crippen LogP) is 0.0734. The number of hydrogen-bond acceptors (Lipinski definition) is 5. The van der Waals surface area contributed by atoms with Gasteiger partial charge in [0.2, 0.25) is 5.91 Å². The second kappa shape index (κ2) is 6.48. The molecule has 0 aliphatic carbocycles. The maximum atomic E-state index is 10.4. The van der Waals surface area contributed by atoms with E-state index in [1.54, 1.807) is 18.2 Å². The van der Waals surface area contributed by atoms with Gasteiger partial charge >= 0.3 is 0 Å². The molecule has 0 fully saturated rings. The molecular formula is C11H13N3O3. The molecule has 0 aliphatic rings. The molecule has 1 rings (SSSR count). The van der Waals surface area contributed by atoms with Gasteiger partial charge in [-0.25, -0.2) is 0 Å². The number of carbonyl (C=O) groups is 1. The monoisotopic (exact) mass is 235 g/mol. The van der Waals surface area contributed by atoms with Crippen LogP contribution in [0.5, 0.6) is 5.75 Å². The Labute approximate surface area is 98.9 Å². The van der Waals surface area contributed by atoms with Crippen molar-refractivity contribution in [3.05, 3.63) is 29.3 Å². The highest BCUT2D eigenvalue weighted by molar-refractivity contribution is 5.74. The number of nitrogens with one attached hydrogen (secondary N) is 1. The van der Waals surface area contributed by atoms with Crippen molar-refractivity contribution in [1.82, 2.24) is 5.48 Å². The molecule has 0 radical (unpaired) electrons. The van der Waals surface area contributed by atoms with Gasteiger partial charge in [-0.2, -0.15) is 10.7 Å². The van der Waals surface area contributed by atoms with Gasteiger partial charge < -0.3 is 10.5 Å². The SMILES string of the molecule is COc1ccc(C#N)cc1CNOCC(N)=O. The number of nitrogens with two attached hydrogens (primary N) is 1. The van der Waals surface area contributed by atoms with Gasteiger partial charge in [0, 0.05) is 12.1 Å². The summed E-state index contributed by atoms with van der Waals surface area (Å²) in [5, 5.41) is 8.77. The van der Waals surface area contributed by atoms with Gasteiger partial charge in [-0.1, -0.05) is 0 Å². The normalized spacial score (nSPS) is 9.65. The van der Waals surface area contributed by atoms with Gasteiger partial charge in [0.15, 0.2) is 0 Å². The average Bonchev–Trinajstić information content (AvgIpc) is 2.34. The maximum Gasteiger partial charge on any atom is 0.245 e. The Bertz CT molecular complexity index is 440. The topological polar surface area (TPSA) is 97.4 Å². The number of hydroxylamine groups is 1. The summed E-state index contributed by atoms with van der Waals surface area (Å²) < 4.78 is 5.13. The molecule has 0 bridgehead atoms. The third-order valence-electron chi connectivity index (χ3n) is 1.99. The second-order valence-electron chi connectivity index (χ2n) is 3.21. The maximum absolute atomic E-state index is 10.4. The van der Waals surface area contributed by atoms with E-state index in [-0.39, 0.29) is 6.61 Å². The second-order valence-corrected chi connectivity index (χ2v) is 3.21. The molecule has 90 valence electrons. The molecule has 0 spiro atoms. The molecule has 3 N–H and O–H groups in total. The van der Waals surface area contributed by atoms with E-state index >= 15 is 0 Å². The van der Waals surface area contributed by atoms with E-state index in [2.05, 4.69) is 5.48 Å². The van der Waals surface area contributed by atoms with Crippen molar-refractivity contribution in [3.8, 4) is 11.8 Å². The highest BCUT2D eigenvalue weighted by atomic mass is 16.6. The van der Waals surface area contributed by atoms with Crippen LogP contribution in [0.3, 0.4) is 0 Å². The highest BCUT2D eigenvalue weighted by Gasteiger charge is 2.04. The van der Waals surface area contributed by atoms with E-state index in [0.29, 0.717) is 17.9 Å². The third-order valence-corrected chi connectivity index (χ3v) is 1.99. The number of carbonyl (C=O) groups excluding carboxylic acids is 1. The first-order valence-electron chi connectivity index (χ1n) is 4.87. The lowest BCUT2D eigenvalue weighted by Crippen LogP contribution is -2.24. The first-order valence-corrected chi connectivity index (χ1v) is 4.87. The fourth-order valence-corrected chi connectivity index (χ4v) is 1.24. The molecule has 0 saturated carbocycles. The Morgan fingerprint density at radius 3 is 2.94 bits per heavy atom. The van der Waals surface area contributed by atoms with Crippen molar-refractivity contribution in [2.75, 3.05) is 13.7 Å². The Balaban J connectivity index is 2.62. The molecular weight excluding hydrogens is 222 g/mol. The van der Waals surface area contributed by atoms with E-state index in [9.17, 15) is 4.79 Å². The standard InChI is InChI=1S/C11H13N3O3/c1-16-10-3-2-8(5-12)4-9(10)6-14-17-7-11(13)15/h2-4,14H,6-7H2,1H3,(H2,13,15). The van der Waals surface area contributed by atoms with Gasteiger partial charge in [-0.05, 0) is 18.2 Å². The van der Waals surface area contributed by atoms with Crippen molar-refractivity contribution >= 4 is 5.91 Å². The number of methoxy groups -OCH3 is 1. The third kappa shape index (κ3) is 4.10. The van der Waals surface area contributed by atoms with Gasteiger partial charge in [0.05, 0.1) is 18.7 Å². The molecule has 0 aromatic heterocycles. The number of ether oxygens (including phenoxy) is 1. The molecule has 6 heteroatoms. The minimum absolute atomic E-state index is 0.208. The van der Waals surface area contributed by atoms with Crippen molar-refractivity contribution in [2.45, 2.75) is 6.54 Å². The number of rotatable bonds is 6. The number of benzene rings is 1. The first-order chi connectivity index (χ1) is 8.17. The van der Waals surface area contributed by atoms with Crippen LogP contribution >= 0.6 is 0 Å². The fraction of sp³-hybridized carbons (Fsp3) is 0.273. The van der Waals surface area contributed by atoms with Crippen LogP contribution in [0.25, 0.3) is 0 Å². The largest absolute Gasteiger partial charge is 0.496 e. The van der Waals surface area contributed by atoms with Gasteiger partial charge in [0.25, 0.3) is 0 Å². The summed E-state index contributed by atoms with van der Waals surface area (Å²) in [6.07, 6.45) is 0. The molecule has 6 nitrogen and oxygen atoms in total. The zero-order valence-corrected chi connectivity index (χ0v) is 9.40. The van der Waals surface area contributed by atoms with Crippen molar-refractivity contribution in [2.24, 2.45) is 5.73 Å². The van der Waals surface area contributed by atoms with E-state index in [1.165, 1.54) is 7.11 Å². The molecule has 1 amide bonds. The Kier molecular flexibility index (Phi) is 4.94. The van der Waals surface area contributed by atoms with Crippen LogP contribution < -0.4 is 16.0 Å². The first kappa shape index (κ1) is 13.0. The molecule has 0 aliphatic heterocycles. The average molecular weight is 235 g/mol. The van der Waals surface area contributed by atoms with E-state index in [0.717, 1.165) is 5.56 Å². The predicted molar refractivity (Wildman–Crippen MR) is 59.7 cm³/mol. The van der Waals surface area contributed by atoms with Crippen LogP contribution in [0.2, 0.25) is 0 Å². The van der Waals surface area contributed by atoms with Crippen LogP contribution in [-0.2, 0) is 16.2 Å². The summed E-state index contributed by atoms with van der Waals surface area (Å²) in [4.78, 5) is 15.2. The highest BCUT2D eigenvalue weighted by Crippen LogP contribution is 2.19. The molecule has 0 atom stereocenters. The van der Waals surface area contributed by atoms with Crippen LogP contribution in [0.1, 0.15) is 11.1 Å². The molecule has 0 unspecified atom stereocenters. The van der Waals surface area contributed by atoms with Crippen LogP contribution in [0, 0.1) is 11.3 Å². The number of nitrogens with zero attached hydrogens (tertiary/aromatic N) is 1. The summed E-state index contributed by atoms with van der Waals surface area (Å²) in [5.74, 6) is 0.0782. The van der Waals surface area contributed by atoms with Crippen molar-refractivity contribution < 1.29 is 14.4 Å². The summed E-state index contributed by atoms with van der Waals surface area (Å²) in [7, 11) is 1.54. The molecule has 0 heterocycles. The lowest BCUT2D eigenvalue weighted by atomic mass is 10.1. The Morgan fingerprint density at radius 2 is 2.35 bits per heavy atom. The number of nitriles is 1. The minimum Gasteiger partial charge on any atom is -0.496 e. The number of primary amides is 1. The molecule has 1 aromatic rings. The van der Waals surface area contributed by atoms with Crippen LogP contribution in [0.4, 0.5) is 0 Å². The van der Waals surface area contributed by atoms with Gasteiger partial charge in [0.1, 0.15) is 12.4 Å². The van der Waals surface area contributed by atoms with E-state index in [4.69, 9.17) is 20.6 Å². The van der Waals surface area contributed by atoms with Gasteiger partial charge in [-0.3, -0.25) is 9.63 Å². The Morgan fingerprint density at radius 1 is 1.59 bits per heavy atom. The lowest BCUT2D eigenvalue weighted by Gasteiger charge is -2.09. The smallest absolute Gasteiger partial charge is 0.245 e.